The van der Waals surface area contributed by atoms with Gasteiger partial charge in [0.25, 0.3) is 5.91 Å². The van der Waals surface area contributed by atoms with E-state index in [1.165, 1.54) is 6.07 Å². The third-order valence-electron chi connectivity index (χ3n) is 2.91. The lowest BCUT2D eigenvalue weighted by Gasteiger charge is -2.22. The lowest BCUT2D eigenvalue weighted by molar-refractivity contribution is 0.0536. The molecule has 0 aromatic heterocycles. The summed E-state index contributed by atoms with van der Waals surface area (Å²) in [4.78, 5) is 11.8. The first-order valence-electron chi connectivity index (χ1n) is 5.90. The molecule has 1 aliphatic rings. The van der Waals surface area contributed by atoms with Crippen molar-refractivity contribution in [2.75, 3.05) is 19.8 Å². The molecule has 1 fully saturated rings. The van der Waals surface area contributed by atoms with E-state index in [4.69, 9.17) is 4.74 Å². The van der Waals surface area contributed by atoms with E-state index in [1.807, 2.05) is 0 Å². The van der Waals surface area contributed by atoms with E-state index in [0.717, 1.165) is 26.1 Å². The van der Waals surface area contributed by atoms with E-state index in [-0.39, 0.29) is 11.7 Å². The van der Waals surface area contributed by atoms with Gasteiger partial charge in [0, 0.05) is 18.7 Å². The lowest BCUT2D eigenvalue weighted by atomic mass is 10.0. The second-order valence-electron chi connectivity index (χ2n) is 4.34. The molecule has 1 heterocycles. The summed E-state index contributed by atoms with van der Waals surface area (Å²) < 4.78 is 5.35. The standard InChI is InChI=1S/C13H17NO3/c15-12-5-1-4-11(7-12)13(16)14-8-10-3-2-6-17-9-10/h1,4-5,7,10,15H,2-3,6,8-9H2,(H,14,16). The van der Waals surface area contributed by atoms with Crippen LogP contribution < -0.4 is 5.32 Å². The Morgan fingerprint density at radius 1 is 1.53 bits per heavy atom. The minimum absolute atomic E-state index is 0.110. The van der Waals surface area contributed by atoms with Crippen molar-refractivity contribution in [2.45, 2.75) is 12.8 Å². The van der Waals surface area contributed by atoms with E-state index in [0.29, 0.717) is 18.0 Å². The second-order valence-corrected chi connectivity index (χ2v) is 4.34. The van der Waals surface area contributed by atoms with E-state index < -0.39 is 0 Å². The van der Waals surface area contributed by atoms with Gasteiger partial charge in [0.2, 0.25) is 0 Å². The molecule has 0 saturated carbocycles. The first-order valence-corrected chi connectivity index (χ1v) is 5.90. The van der Waals surface area contributed by atoms with Gasteiger partial charge >= 0.3 is 0 Å². The van der Waals surface area contributed by atoms with Gasteiger partial charge in [0.15, 0.2) is 0 Å². The third-order valence-corrected chi connectivity index (χ3v) is 2.91. The maximum atomic E-state index is 11.8. The molecule has 0 aliphatic carbocycles. The predicted octanol–water partition coefficient (Wildman–Crippen LogP) is 1.55. The molecule has 2 N–H and O–H groups in total. The van der Waals surface area contributed by atoms with E-state index in [9.17, 15) is 9.90 Å². The topological polar surface area (TPSA) is 58.6 Å². The van der Waals surface area contributed by atoms with Gasteiger partial charge in [-0.25, -0.2) is 0 Å². The SMILES string of the molecule is O=C(NCC1CCCOC1)c1cccc(O)c1. The Morgan fingerprint density at radius 2 is 2.41 bits per heavy atom. The van der Waals surface area contributed by atoms with E-state index >= 15 is 0 Å². The van der Waals surface area contributed by atoms with Crippen LogP contribution in [0.3, 0.4) is 0 Å². The van der Waals surface area contributed by atoms with Gasteiger partial charge in [-0.1, -0.05) is 6.07 Å². The summed E-state index contributed by atoms with van der Waals surface area (Å²) >= 11 is 0. The lowest BCUT2D eigenvalue weighted by Crippen LogP contribution is -2.33. The van der Waals surface area contributed by atoms with Crippen LogP contribution >= 0.6 is 0 Å². The molecule has 2 rings (SSSR count). The summed E-state index contributed by atoms with van der Waals surface area (Å²) in [6.45, 7) is 2.19. The molecule has 17 heavy (non-hydrogen) atoms. The largest absolute Gasteiger partial charge is 0.508 e. The first kappa shape index (κ1) is 11.9. The summed E-state index contributed by atoms with van der Waals surface area (Å²) in [6, 6.07) is 6.36. The average Bonchev–Trinajstić information content (AvgIpc) is 2.37. The van der Waals surface area contributed by atoms with Crippen molar-refractivity contribution in [2.24, 2.45) is 5.92 Å². The van der Waals surface area contributed by atoms with E-state index in [1.54, 1.807) is 18.2 Å². The summed E-state index contributed by atoms with van der Waals surface area (Å²) in [5.41, 5.74) is 0.488. The number of phenolic OH excluding ortho intramolecular Hbond substituents is 1. The molecule has 1 atom stereocenters. The van der Waals surface area contributed by atoms with Crippen LogP contribution in [0.25, 0.3) is 0 Å². The van der Waals surface area contributed by atoms with Crippen molar-refractivity contribution in [1.82, 2.24) is 5.32 Å². The predicted molar refractivity (Wildman–Crippen MR) is 64.0 cm³/mol. The van der Waals surface area contributed by atoms with Crippen LogP contribution in [0.4, 0.5) is 0 Å². The second kappa shape index (κ2) is 5.68. The Labute approximate surface area is 101 Å². The van der Waals surface area contributed by atoms with Gasteiger partial charge in [0.05, 0.1) is 6.61 Å². The number of hydrogen-bond acceptors (Lipinski definition) is 3. The molecule has 1 amide bonds. The molecule has 1 unspecified atom stereocenters. The van der Waals surface area contributed by atoms with Gasteiger partial charge in [-0.15, -0.1) is 0 Å². The smallest absolute Gasteiger partial charge is 0.251 e. The van der Waals surface area contributed by atoms with Gasteiger partial charge in [-0.3, -0.25) is 4.79 Å². The molecule has 1 aromatic carbocycles. The number of carbonyl (C=O) groups is 1. The number of ether oxygens (including phenoxy) is 1. The maximum Gasteiger partial charge on any atom is 0.251 e. The molecule has 1 aromatic rings. The van der Waals surface area contributed by atoms with Crippen LogP contribution in [-0.4, -0.2) is 30.8 Å². The Hall–Kier alpha value is -1.55. The molecule has 4 heteroatoms. The minimum Gasteiger partial charge on any atom is -0.508 e. The molecular weight excluding hydrogens is 218 g/mol. The quantitative estimate of drug-likeness (QED) is 0.835. The van der Waals surface area contributed by atoms with Crippen molar-refractivity contribution in [1.29, 1.82) is 0 Å². The number of benzene rings is 1. The van der Waals surface area contributed by atoms with Crippen LogP contribution in [0.1, 0.15) is 23.2 Å². The zero-order chi connectivity index (χ0) is 12.1. The van der Waals surface area contributed by atoms with Crippen LogP contribution in [0.2, 0.25) is 0 Å². The summed E-state index contributed by atoms with van der Waals surface area (Å²) in [5, 5.41) is 12.1. The Balaban J connectivity index is 1.84. The van der Waals surface area contributed by atoms with E-state index in [2.05, 4.69) is 5.32 Å². The number of aromatic hydroxyl groups is 1. The minimum atomic E-state index is -0.147. The number of hydrogen-bond donors (Lipinski definition) is 2. The normalized spacial score (nSPS) is 19.9. The van der Waals surface area contributed by atoms with Crippen molar-refractivity contribution < 1.29 is 14.6 Å². The van der Waals surface area contributed by atoms with Gasteiger partial charge < -0.3 is 15.2 Å². The Kier molecular flexibility index (Phi) is 3.98. The fourth-order valence-electron chi connectivity index (χ4n) is 1.95. The maximum absolute atomic E-state index is 11.8. The fourth-order valence-corrected chi connectivity index (χ4v) is 1.95. The molecule has 1 aliphatic heterocycles. The molecule has 0 bridgehead atoms. The summed E-state index contributed by atoms with van der Waals surface area (Å²) in [5.74, 6) is 0.370. The van der Waals surface area contributed by atoms with Crippen LogP contribution in [0.15, 0.2) is 24.3 Å². The van der Waals surface area contributed by atoms with Crippen LogP contribution in [0.5, 0.6) is 5.75 Å². The average molecular weight is 235 g/mol. The van der Waals surface area contributed by atoms with Crippen molar-refractivity contribution >= 4 is 5.91 Å². The Bertz CT molecular complexity index is 386. The number of rotatable bonds is 3. The van der Waals surface area contributed by atoms with Crippen LogP contribution in [0, 0.1) is 5.92 Å². The third kappa shape index (κ3) is 3.46. The molecule has 1 saturated heterocycles. The molecule has 4 nitrogen and oxygen atoms in total. The number of amides is 1. The highest BCUT2D eigenvalue weighted by atomic mass is 16.5. The molecule has 0 spiro atoms. The number of carbonyl (C=O) groups excluding carboxylic acids is 1. The molecular formula is C13H17NO3. The zero-order valence-electron chi connectivity index (χ0n) is 9.69. The van der Waals surface area contributed by atoms with Crippen molar-refractivity contribution in [3.05, 3.63) is 29.8 Å². The first-order chi connectivity index (χ1) is 8.25. The number of phenols is 1. The highest BCUT2D eigenvalue weighted by Gasteiger charge is 2.15. The highest BCUT2D eigenvalue weighted by Crippen LogP contribution is 2.13. The van der Waals surface area contributed by atoms with Gasteiger partial charge in [-0.05, 0) is 37.0 Å². The number of nitrogens with one attached hydrogen (secondary N) is 1. The highest BCUT2D eigenvalue weighted by molar-refractivity contribution is 5.94. The van der Waals surface area contributed by atoms with Crippen LogP contribution in [-0.2, 0) is 4.74 Å². The van der Waals surface area contributed by atoms with Crippen molar-refractivity contribution in [3.63, 3.8) is 0 Å². The summed E-state index contributed by atoms with van der Waals surface area (Å²) in [7, 11) is 0. The Morgan fingerprint density at radius 3 is 3.12 bits per heavy atom. The fraction of sp³-hybridized carbons (Fsp3) is 0.462. The zero-order valence-corrected chi connectivity index (χ0v) is 9.69. The van der Waals surface area contributed by atoms with Crippen molar-refractivity contribution in [3.8, 4) is 5.75 Å². The molecule has 0 radical (unpaired) electrons. The van der Waals surface area contributed by atoms with Gasteiger partial charge in [-0.2, -0.15) is 0 Å². The van der Waals surface area contributed by atoms with Gasteiger partial charge in [0.1, 0.15) is 5.75 Å². The monoisotopic (exact) mass is 235 g/mol. The summed E-state index contributed by atoms with van der Waals surface area (Å²) in [6.07, 6.45) is 2.16. The molecule has 92 valence electrons.